The molecule has 2 amide bonds. The zero-order valence-electron chi connectivity index (χ0n) is 17.2. The summed E-state index contributed by atoms with van der Waals surface area (Å²) >= 11 is 10.6. The minimum atomic E-state index is -0.642. The van der Waals surface area contributed by atoms with Crippen LogP contribution in [-0.4, -0.2) is 27.1 Å². The van der Waals surface area contributed by atoms with E-state index in [0.29, 0.717) is 21.6 Å². The van der Waals surface area contributed by atoms with Crippen molar-refractivity contribution in [1.82, 2.24) is 4.90 Å². The first kappa shape index (κ1) is 23.5. The Bertz CT molecular complexity index is 1190. The van der Waals surface area contributed by atoms with Crippen molar-refractivity contribution in [3.05, 3.63) is 93.7 Å². The second kappa shape index (κ2) is 10.5. The largest absolute Gasteiger partial charge is 0.325 e. The molecule has 0 radical (unpaired) electrons. The average Bonchev–Trinajstić information content (AvgIpc) is 2.80. The lowest BCUT2D eigenvalue weighted by molar-refractivity contribution is -0.129. The summed E-state index contributed by atoms with van der Waals surface area (Å²) in [6.07, 6.45) is 0.0217. The van der Waals surface area contributed by atoms with Crippen molar-refractivity contribution in [2.24, 2.45) is 4.99 Å². The van der Waals surface area contributed by atoms with E-state index in [1.165, 1.54) is 28.8 Å². The maximum atomic E-state index is 13.3. The first-order chi connectivity index (χ1) is 15.9. The van der Waals surface area contributed by atoms with Crippen LogP contribution in [-0.2, 0) is 16.1 Å². The fraction of sp³-hybridized carbons (Fsp3) is 0.125. The van der Waals surface area contributed by atoms with Crippen molar-refractivity contribution in [3.8, 4) is 0 Å². The second-order valence-electron chi connectivity index (χ2n) is 7.28. The van der Waals surface area contributed by atoms with Gasteiger partial charge in [-0.05, 0) is 66.2 Å². The van der Waals surface area contributed by atoms with Crippen LogP contribution in [0.2, 0.25) is 5.02 Å². The number of nitrogens with zero attached hydrogens (tertiary/aromatic N) is 2. The van der Waals surface area contributed by atoms with E-state index in [0.717, 1.165) is 10.0 Å². The van der Waals surface area contributed by atoms with Gasteiger partial charge in [0.1, 0.15) is 11.1 Å². The Kier molecular flexibility index (Phi) is 7.47. The van der Waals surface area contributed by atoms with Gasteiger partial charge in [0.25, 0.3) is 0 Å². The number of carbonyl (C=O) groups excluding carboxylic acids is 2. The van der Waals surface area contributed by atoms with E-state index < -0.39 is 5.25 Å². The topological polar surface area (TPSA) is 61.8 Å². The fourth-order valence-corrected chi connectivity index (χ4v) is 4.64. The number of thioether (sulfide) groups is 1. The standard InChI is InChI=1S/C24H18BrClFN3O2S/c25-16-3-9-19(10-4-16)28-23(32)21-13-22(31)30(14-15-1-7-18(27)8-2-15)24(33-21)29-20-11-5-17(26)6-12-20/h1-12,21H,13-14H2,(H,28,32). The third-order valence-electron chi connectivity index (χ3n) is 4.85. The molecule has 168 valence electrons. The summed E-state index contributed by atoms with van der Waals surface area (Å²) in [7, 11) is 0. The van der Waals surface area contributed by atoms with Gasteiger partial charge in [0.15, 0.2) is 5.17 Å². The first-order valence-electron chi connectivity index (χ1n) is 9.99. The number of hydrogen-bond acceptors (Lipinski definition) is 4. The van der Waals surface area contributed by atoms with E-state index in [4.69, 9.17) is 11.6 Å². The number of benzene rings is 3. The highest BCUT2D eigenvalue weighted by Crippen LogP contribution is 2.31. The minimum absolute atomic E-state index is 0.0217. The molecule has 0 bridgehead atoms. The lowest BCUT2D eigenvalue weighted by Gasteiger charge is -2.32. The quantitative estimate of drug-likeness (QED) is 0.403. The van der Waals surface area contributed by atoms with Gasteiger partial charge >= 0.3 is 0 Å². The monoisotopic (exact) mass is 545 g/mol. The molecule has 5 nitrogen and oxygen atoms in total. The minimum Gasteiger partial charge on any atom is -0.325 e. The number of aliphatic imine (C=N–C) groups is 1. The second-order valence-corrected chi connectivity index (χ2v) is 9.81. The molecule has 1 saturated heterocycles. The molecular formula is C24H18BrClFN3O2S. The summed E-state index contributed by atoms with van der Waals surface area (Å²) in [5.74, 6) is -0.861. The Morgan fingerprint density at radius 2 is 1.76 bits per heavy atom. The van der Waals surface area contributed by atoms with E-state index in [2.05, 4.69) is 26.2 Å². The van der Waals surface area contributed by atoms with Gasteiger partial charge in [-0.1, -0.05) is 51.4 Å². The molecule has 9 heteroatoms. The molecular weight excluding hydrogens is 529 g/mol. The fourth-order valence-electron chi connectivity index (χ4n) is 3.15. The molecule has 1 fully saturated rings. The van der Waals surface area contributed by atoms with Crippen LogP contribution in [0.15, 0.2) is 82.3 Å². The zero-order chi connectivity index (χ0) is 23.4. The van der Waals surface area contributed by atoms with Crippen molar-refractivity contribution in [3.63, 3.8) is 0 Å². The Morgan fingerprint density at radius 1 is 1.09 bits per heavy atom. The van der Waals surface area contributed by atoms with Crippen molar-refractivity contribution in [2.75, 3.05) is 5.32 Å². The summed E-state index contributed by atoms with van der Waals surface area (Å²) in [4.78, 5) is 32.1. The van der Waals surface area contributed by atoms with Gasteiger partial charge in [-0.25, -0.2) is 9.38 Å². The van der Waals surface area contributed by atoms with Gasteiger partial charge in [-0.3, -0.25) is 14.5 Å². The molecule has 0 saturated carbocycles. The molecule has 1 aliphatic heterocycles. The maximum absolute atomic E-state index is 13.3. The van der Waals surface area contributed by atoms with E-state index in [1.807, 2.05) is 12.1 Å². The molecule has 1 aliphatic rings. The number of rotatable bonds is 5. The van der Waals surface area contributed by atoms with Crippen molar-refractivity contribution >= 4 is 67.6 Å². The van der Waals surface area contributed by atoms with Crippen molar-refractivity contribution in [1.29, 1.82) is 0 Å². The van der Waals surface area contributed by atoms with E-state index in [1.54, 1.807) is 48.5 Å². The smallest absolute Gasteiger partial charge is 0.238 e. The number of hydrogen-bond donors (Lipinski definition) is 1. The third kappa shape index (κ3) is 6.22. The number of anilines is 1. The zero-order valence-corrected chi connectivity index (χ0v) is 20.3. The molecule has 3 aromatic carbocycles. The van der Waals surface area contributed by atoms with Gasteiger partial charge in [-0.2, -0.15) is 0 Å². The Balaban J connectivity index is 1.59. The summed E-state index contributed by atoms with van der Waals surface area (Å²) in [6, 6.07) is 20.0. The molecule has 0 spiro atoms. The van der Waals surface area contributed by atoms with Crippen molar-refractivity contribution in [2.45, 2.75) is 18.2 Å². The normalized spacial score (nSPS) is 17.3. The molecule has 1 unspecified atom stereocenters. The van der Waals surface area contributed by atoms with Gasteiger partial charge in [-0.15, -0.1) is 0 Å². The molecule has 0 aliphatic carbocycles. The van der Waals surface area contributed by atoms with Crippen LogP contribution in [0.1, 0.15) is 12.0 Å². The number of amidine groups is 1. The number of nitrogens with one attached hydrogen (secondary N) is 1. The van der Waals surface area contributed by atoms with Crippen LogP contribution in [0.4, 0.5) is 15.8 Å². The van der Waals surface area contributed by atoms with E-state index >= 15 is 0 Å². The lowest BCUT2D eigenvalue weighted by atomic mass is 10.2. The third-order valence-corrected chi connectivity index (χ3v) is 6.82. The SMILES string of the molecule is O=C(Nc1ccc(Br)cc1)C1CC(=O)N(Cc2ccc(F)cc2)C(=Nc2ccc(Cl)cc2)S1. The number of carbonyl (C=O) groups is 2. The highest BCUT2D eigenvalue weighted by atomic mass is 79.9. The average molecular weight is 547 g/mol. The van der Waals surface area contributed by atoms with Crippen LogP contribution >= 0.6 is 39.3 Å². The maximum Gasteiger partial charge on any atom is 0.238 e. The number of amides is 2. The van der Waals surface area contributed by atoms with E-state index in [9.17, 15) is 14.0 Å². The predicted octanol–water partition coefficient (Wildman–Crippen LogP) is 6.40. The first-order valence-corrected chi connectivity index (χ1v) is 12.0. The van der Waals surface area contributed by atoms with Crippen LogP contribution in [0.25, 0.3) is 0 Å². The molecule has 33 heavy (non-hydrogen) atoms. The van der Waals surface area contributed by atoms with Gasteiger partial charge in [0.2, 0.25) is 11.8 Å². The van der Waals surface area contributed by atoms with Crippen LogP contribution in [0.3, 0.4) is 0 Å². The van der Waals surface area contributed by atoms with Gasteiger partial charge < -0.3 is 5.32 Å². The Morgan fingerprint density at radius 3 is 2.42 bits per heavy atom. The van der Waals surface area contributed by atoms with E-state index in [-0.39, 0.29) is 30.6 Å². The molecule has 4 rings (SSSR count). The Labute approximate surface area is 208 Å². The molecule has 1 N–H and O–H groups in total. The van der Waals surface area contributed by atoms with Crippen molar-refractivity contribution < 1.29 is 14.0 Å². The molecule has 0 aromatic heterocycles. The number of halogens is 3. The molecule has 3 aromatic rings. The van der Waals surface area contributed by atoms with Crippen LogP contribution < -0.4 is 5.32 Å². The summed E-state index contributed by atoms with van der Waals surface area (Å²) in [5, 5.41) is 3.18. The summed E-state index contributed by atoms with van der Waals surface area (Å²) in [6.45, 7) is 0.222. The Hall–Kier alpha value is -2.68. The molecule has 1 heterocycles. The van der Waals surface area contributed by atoms with Gasteiger partial charge in [0, 0.05) is 21.6 Å². The summed E-state index contributed by atoms with van der Waals surface area (Å²) in [5.41, 5.74) is 2.00. The van der Waals surface area contributed by atoms with Crippen LogP contribution in [0.5, 0.6) is 0 Å². The highest BCUT2D eigenvalue weighted by Gasteiger charge is 2.36. The predicted molar refractivity (Wildman–Crippen MR) is 134 cm³/mol. The van der Waals surface area contributed by atoms with Crippen LogP contribution in [0, 0.1) is 5.82 Å². The lowest BCUT2D eigenvalue weighted by Crippen LogP contribution is -2.44. The summed E-state index contributed by atoms with van der Waals surface area (Å²) < 4.78 is 14.2. The van der Waals surface area contributed by atoms with Gasteiger partial charge in [0.05, 0.1) is 12.2 Å². The molecule has 1 atom stereocenters. The highest BCUT2D eigenvalue weighted by molar-refractivity contribution is 9.10.